The van der Waals surface area contributed by atoms with Crippen molar-refractivity contribution in [3.05, 3.63) is 72.4 Å². The van der Waals surface area contributed by atoms with Crippen LogP contribution in [0.5, 0.6) is 0 Å². The lowest BCUT2D eigenvalue weighted by atomic mass is 10.0. The number of carbonyl (C=O) groups is 1. The molecule has 5 nitrogen and oxygen atoms in total. The van der Waals surface area contributed by atoms with Gasteiger partial charge in [0.15, 0.2) is 0 Å². The highest BCUT2D eigenvalue weighted by atomic mass is 16.4. The average Bonchev–Trinajstić information content (AvgIpc) is 3.31. The Hall–Kier alpha value is -2.79. The highest BCUT2D eigenvalue weighted by Gasteiger charge is 2.26. The molecule has 0 saturated carbocycles. The van der Waals surface area contributed by atoms with Gasteiger partial charge in [-0.1, -0.05) is 30.3 Å². The van der Waals surface area contributed by atoms with Gasteiger partial charge in [0.05, 0.1) is 12.8 Å². The smallest absolute Gasteiger partial charge is 0.220 e. The number of furan rings is 2. The van der Waals surface area contributed by atoms with Crippen molar-refractivity contribution in [2.24, 2.45) is 0 Å². The molecule has 0 aliphatic carbocycles. The zero-order valence-electron chi connectivity index (χ0n) is 14.1. The maximum atomic E-state index is 12.0. The van der Waals surface area contributed by atoms with Gasteiger partial charge in [-0.15, -0.1) is 0 Å². The van der Waals surface area contributed by atoms with Gasteiger partial charge in [-0.2, -0.15) is 0 Å². The first-order valence-corrected chi connectivity index (χ1v) is 8.22. The second-order valence-electron chi connectivity index (χ2n) is 6.16. The Labute approximate surface area is 146 Å². The number of aryl methyl sites for hydroxylation is 1. The highest BCUT2D eigenvalue weighted by Crippen LogP contribution is 2.22. The van der Waals surface area contributed by atoms with Crippen molar-refractivity contribution < 1.29 is 18.7 Å². The van der Waals surface area contributed by atoms with E-state index in [2.05, 4.69) is 5.32 Å². The Morgan fingerprint density at radius 1 is 1.12 bits per heavy atom. The molecule has 1 unspecified atom stereocenters. The number of aliphatic hydroxyl groups is 1. The first-order chi connectivity index (χ1) is 12.0. The number of carbonyl (C=O) groups excluding carboxylic acids is 1. The summed E-state index contributed by atoms with van der Waals surface area (Å²) < 4.78 is 11.0. The van der Waals surface area contributed by atoms with Crippen LogP contribution in [0.4, 0.5) is 0 Å². The Morgan fingerprint density at radius 3 is 2.64 bits per heavy atom. The predicted octanol–water partition coefficient (Wildman–Crippen LogP) is 3.50. The number of hydrogen-bond donors (Lipinski definition) is 2. The Morgan fingerprint density at radius 2 is 1.92 bits per heavy atom. The zero-order valence-corrected chi connectivity index (χ0v) is 14.1. The van der Waals surface area contributed by atoms with Crippen molar-refractivity contribution in [1.82, 2.24) is 5.32 Å². The number of benzene rings is 1. The lowest BCUT2D eigenvalue weighted by Gasteiger charge is -2.21. The van der Waals surface area contributed by atoms with Crippen molar-refractivity contribution in [1.29, 1.82) is 0 Å². The summed E-state index contributed by atoms with van der Waals surface area (Å²) in [4.78, 5) is 12.0. The molecule has 1 aromatic carbocycles. The minimum Gasteiger partial charge on any atom is -0.466 e. The molecule has 2 aromatic heterocycles. The molecule has 25 heavy (non-hydrogen) atoms. The topological polar surface area (TPSA) is 75.6 Å². The van der Waals surface area contributed by atoms with Gasteiger partial charge in [0.2, 0.25) is 5.91 Å². The molecule has 130 valence electrons. The fourth-order valence-corrected chi connectivity index (χ4v) is 2.54. The van der Waals surface area contributed by atoms with Gasteiger partial charge in [0.1, 0.15) is 22.9 Å². The van der Waals surface area contributed by atoms with E-state index in [4.69, 9.17) is 8.83 Å². The van der Waals surface area contributed by atoms with Gasteiger partial charge < -0.3 is 19.3 Å². The van der Waals surface area contributed by atoms with Crippen LogP contribution in [0.2, 0.25) is 0 Å². The Kier molecular flexibility index (Phi) is 5.05. The molecule has 2 heterocycles. The third kappa shape index (κ3) is 4.39. The van der Waals surface area contributed by atoms with Crippen LogP contribution in [0.25, 0.3) is 11.3 Å². The van der Waals surface area contributed by atoms with E-state index in [1.165, 1.54) is 6.26 Å². The fourth-order valence-electron chi connectivity index (χ4n) is 2.54. The molecule has 0 aliphatic rings. The molecule has 0 fully saturated rings. The summed E-state index contributed by atoms with van der Waals surface area (Å²) in [5, 5.41) is 13.0. The van der Waals surface area contributed by atoms with Gasteiger partial charge in [0.25, 0.3) is 0 Å². The number of rotatable bonds is 7. The predicted molar refractivity (Wildman–Crippen MR) is 93.8 cm³/mol. The normalized spacial score (nSPS) is 13.4. The molecule has 0 radical (unpaired) electrons. The second-order valence-corrected chi connectivity index (χ2v) is 6.16. The molecule has 1 amide bonds. The van der Waals surface area contributed by atoms with Crippen LogP contribution in [0.15, 0.2) is 69.7 Å². The van der Waals surface area contributed by atoms with Crippen LogP contribution in [0.1, 0.15) is 24.9 Å². The van der Waals surface area contributed by atoms with Gasteiger partial charge >= 0.3 is 0 Å². The molecule has 0 spiro atoms. The third-order valence-electron chi connectivity index (χ3n) is 4.00. The van der Waals surface area contributed by atoms with Crippen LogP contribution >= 0.6 is 0 Å². The lowest BCUT2D eigenvalue weighted by Crippen LogP contribution is -2.38. The van der Waals surface area contributed by atoms with E-state index in [0.29, 0.717) is 12.2 Å². The van der Waals surface area contributed by atoms with Crippen molar-refractivity contribution >= 4 is 5.91 Å². The standard InChI is InChI=1S/C20H21NO4/c1-20(23,18-8-5-13-24-18)14-21-19(22)12-10-16-9-11-17(25-16)15-6-3-2-4-7-15/h2-9,11,13,23H,10,12,14H2,1H3,(H,21,22). The molecule has 5 heteroatoms. The number of hydrogen-bond acceptors (Lipinski definition) is 4. The minimum absolute atomic E-state index is 0.0900. The SMILES string of the molecule is CC(O)(CNC(=O)CCc1ccc(-c2ccccc2)o1)c1ccco1. The van der Waals surface area contributed by atoms with E-state index < -0.39 is 5.60 Å². The largest absolute Gasteiger partial charge is 0.466 e. The van der Waals surface area contributed by atoms with Crippen LogP contribution in [-0.4, -0.2) is 17.6 Å². The van der Waals surface area contributed by atoms with Crippen LogP contribution in [0.3, 0.4) is 0 Å². The Bertz CT molecular complexity index is 803. The first kappa shape index (κ1) is 17.0. The van der Waals surface area contributed by atoms with Gasteiger partial charge in [0, 0.05) is 18.4 Å². The monoisotopic (exact) mass is 339 g/mol. The number of amides is 1. The Balaban J connectivity index is 1.49. The van der Waals surface area contributed by atoms with Gasteiger partial charge in [-0.3, -0.25) is 4.79 Å². The van der Waals surface area contributed by atoms with E-state index >= 15 is 0 Å². The fraction of sp³-hybridized carbons (Fsp3) is 0.250. The van der Waals surface area contributed by atoms with E-state index in [1.54, 1.807) is 19.1 Å². The molecule has 3 aromatic rings. The van der Waals surface area contributed by atoms with Crippen molar-refractivity contribution in [3.63, 3.8) is 0 Å². The molecule has 1 atom stereocenters. The van der Waals surface area contributed by atoms with Crippen LogP contribution in [0, 0.1) is 0 Å². The third-order valence-corrected chi connectivity index (χ3v) is 4.00. The molecule has 0 aliphatic heterocycles. The maximum Gasteiger partial charge on any atom is 0.220 e. The van der Waals surface area contributed by atoms with Crippen molar-refractivity contribution in [2.75, 3.05) is 6.54 Å². The maximum absolute atomic E-state index is 12.0. The van der Waals surface area contributed by atoms with Gasteiger partial charge in [-0.05, 0) is 31.2 Å². The average molecular weight is 339 g/mol. The van der Waals surface area contributed by atoms with Crippen LogP contribution < -0.4 is 5.32 Å². The van der Waals surface area contributed by atoms with E-state index in [9.17, 15) is 9.90 Å². The summed E-state index contributed by atoms with van der Waals surface area (Å²) in [6.45, 7) is 1.69. The molecule has 0 bridgehead atoms. The zero-order chi connectivity index (χ0) is 17.7. The van der Waals surface area contributed by atoms with E-state index in [-0.39, 0.29) is 18.9 Å². The van der Waals surface area contributed by atoms with Crippen LogP contribution in [-0.2, 0) is 16.8 Å². The second kappa shape index (κ2) is 7.40. The minimum atomic E-state index is -1.23. The first-order valence-electron chi connectivity index (χ1n) is 8.22. The van der Waals surface area contributed by atoms with E-state index in [1.807, 2.05) is 42.5 Å². The van der Waals surface area contributed by atoms with Crippen molar-refractivity contribution in [2.45, 2.75) is 25.4 Å². The van der Waals surface area contributed by atoms with E-state index in [0.717, 1.165) is 17.1 Å². The summed E-state index contributed by atoms with van der Waals surface area (Å²) in [5.41, 5.74) is -0.225. The molecule has 3 rings (SSSR count). The summed E-state index contributed by atoms with van der Waals surface area (Å²) in [6, 6.07) is 17.0. The highest BCUT2D eigenvalue weighted by molar-refractivity contribution is 5.76. The molecular formula is C20H21NO4. The lowest BCUT2D eigenvalue weighted by molar-refractivity contribution is -0.122. The molecular weight excluding hydrogens is 318 g/mol. The van der Waals surface area contributed by atoms with Gasteiger partial charge in [-0.25, -0.2) is 0 Å². The number of nitrogens with one attached hydrogen (secondary N) is 1. The molecule has 0 saturated heterocycles. The summed E-state index contributed by atoms with van der Waals surface area (Å²) in [7, 11) is 0. The van der Waals surface area contributed by atoms with Crippen molar-refractivity contribution in [3.8, 4) is 11.3 Å². The summed E-state index contributed by atoms with van der Waals surface area (Å²) >= 11 is 0. The summed E-state index contributed by atoms with van der Waals surface area (Å²) in [5.74, 6) is 1.82. The quantitative estimate of drug-likeness (QED) is 0.691. The summed E-state index contributed by atoms with van der Waals surface area (Å²) in [6.07, 6.45) is 2.28. The molecule has 2 N–H and O–H groups in total.